The number of hydrogen-bond donors (Lipinski definition) is 5. The van der Waals surface area contributed by atoms with Gasteiger partial charge >= 0.3 is 0 Å². The summed E-state index contributed by atoms with van der Waals surface area (Å²) in [6.07, 6.45) is -2.04. The molecule has 0 bridgehead atoms. The second kappa shape index (κ2) is 14.9. The molecule has 6 N–H and O–H groups in total. The van der Waals surface area contributed by atoms with Gasteiger partial charge in [0.2, 0.25) is 11.7 Å². The van der Waals surface area contributed by atoms with Crippen LogP contribution in [-0.2, 0) is 39.7 Å². The molecule has 2 aromatic rings. The summed E-state index contributed by atoms with van der Waals surface area (Å²) in [7, 11) is 4.50. The van der Waals surface area contributed by atoms with Crippen LogP contribution in [0.4, 0.5) is 0 Å². The van der Waals surface area contributed by atoms with Crippen LogP contribution >= 0.6 is 0 Å². The molecule has 2 amide bonds. The number of rotatable bonds is 9. The monoisotopic (exact) mass is 794 g/mol. The lowest BCUT2D eigenvalue weighted by Gasteiger charge is -2.43. The minimum absolute atomic E-state index is 0.0274. The Labute approximate surface area is 329 Å². The maximum Gasteiger partial charge on any atom is 0.252 e. The van der Waals surface area contributed by atoms with Crippen molar-refractivity contribution in [2.45, 2.75) is 106 Å². The Balaban J connectivity index is 1.12. The van der Waals surface area contributed by atoms with Gasteiger partial charge in [0, 0.05) is 75.8 Å². The van der Waals surface area contributed by atoms with Gasteiger partial charge in [0.15, 0.2) is 24.6 Å². The van der Waals surface area contributed by atoms with E-state index < -0.39 is 95.1 Å². The SMILES string of the molecule is COc1cccc2c1C(=O)c1c(O)c3c(c(O)c1C2=O)C[C@@](O)(C(=O)NCCN(C)C(=O)C1(N)CCCC1)C[C@@H]3O[C@H]1C[C@H]2[C@H](O[C@@H]3[C@@H](OC)OCCN32)[C@H](C)O1. The molecule has 3 saturated heterocycles. The molecule has 8 atom stereocenters. The second-order valence-electron chi connectivity index (χ2n) is 16.0. The van der Waals surface area contributed by atoms with Crippen molar-refractivity contribution >= 4 is 23.4 Å². The number of carbonyl (C=O) groups is 4. The summed E-state index contributed by atoms with van der Waals surface area (Å²) in [6, 6.07) is 4.27. The Bertz CT molecular complexity index is 1990. The smallest absolute Gasteiger partial charge is 0.252 e. The van der Waals surface area contributed by atoms with Crippen molar-refractivity contribution in [3.05, 3.63) is 51.6 Å². The molecule has 3 heterocycles. The fraction of sp³-hybridized carbons (Fsp3) is 0.600. The molecule has 2 aromatic carbocycles. The zero-order valence-corrected chi connectivity index (χ0v) is 32.4. The second-order valence-corrected chi connectivity index (χ2v) is 16.0. The van der Waals surface area contributed by atoms with Gasteiger partial charge in [-0.25, -0.2) is 0 Å². The average molecular weight is 795 g/mol. The highest BCUT2D eigenvalue weighted by atomic mass is 16.7. The van der Waals surface area contributed by atoms with E-state index in [1.54, 1.807) is 14.2 Å². The summed E-state index contributed by atoms with van der Waals surface area (Å²) in [6.45, 7) is 2.89. The zero-order chi connectivity index (χ0) is 40.6. The van der Waals surface area contributed by atoms with Gasteiger partial charge in [-0.3, -0.25) is 24.1 Å². The lowest BCUT2D eigenvalue weighted by molar-refractivity contribution is -0.256. The molecule has 17 heteroatoms. The molecule has 0 unspecified atom stereocenters. The predicted molar refractivity (Wildman–Crippen MR) is 198 cm³/mol. The number of ether oxygens (including phenoxy) is 6. The molecular weight excluding hydrogens is 744 g/mol. The summed E-state index contributed by atoms with van der Waals surface area (Å²) >= 11 is 0. The Kier molecular flexibility index (Phi) is 10.3. The minimum Gasteiger partial charge on any atom is -0.507 e. The number of aromatic hydroxyl groups is 2. The number of benzene rings is 2. The standard InChI is InChI=1S/C40H50N4O13/c1-19-34-22(44-14-15-54-36(53-4)35(44)57-34)16-25(55-19)56-24-18-40(51,37(49)42-12-13-43(2)38(50)39(41)10-5-6-11-39)17-21-27(24)33(48)29-28(31(21)46)30(45)20-8-7-9-23(52-3)26(20)32(29)47/h7-9,19,22,24-25,34-36,46,48,51H,5-6,10-18,41H2,1-4H3,(H,42,49)/t19-,22-,24-,25-,34+,35+,36-,40-/m0/s1. The lowest BCUT2D eigenvalue weighted by atomic mass is 9.72. The first-order valence-electron chi connectivity index (χ1n) is 19.5. The first kappa shape index (κ1) is 39.6. The van der Waals surface area contributed by atoms with Gasteiger partial charge in [-0.2, -0.15) is 0 Å². The molecule has 0 aromatic heterocycles. The number of hydrogen-bond acceptors (Lipinski definition) is 15. The molecule has 0 spiro atoms. The number of morpholine rings is 1. The molecule has 4 fully saturated rings. The van der Waals surface area contributed by atoms with Crippen molar-refractivity contribution in [1.29, 1.82) is 0 Å². The van der Waals surface area contributed by atoms with Gasteiger partial charge < -0.3 is 59.7 Å². The molecule has 0 radical (unpaired) electrons. The number of methoxy groups -OCH3 is 2. The van der Waals surface area contributed by atoms with E-state index in [0.717, 1.165) is 12.8 Å². The third-order valence-corrected chi connectivity index (χ3v) is 12.6. The molecule has 3 aliphatic heterocycles. The van der Waals surface area contributed by atoms with Crippen LogP contribution in [0, 0.1) is 0 Å². The van der Waals surface area contributed by atoms with Crippen molar-refractivity contribution in [3.63, 3.8) is 0 Å². The highest BCUT2D eigenvalue weighted by molar-refractivity contribution is 6.31. The molecule has 1 saturated carbocycles. The van der Waals surface area contributed by atoms with E-state index in [1.807, 2.05) is 6.92 Å². The van der Waals surface area contributed by atoms with Gasteiger partial charge in [0.25, 0.3) is 5.91 Å². The summed E-state index contributed by atoms with van der Waals surface area (Å²) in [5, 5.41) is 38.9. The maximum absolute atomic E-state index is 14.1. The zero-order valence-electron chi connectivity index (χ0n) is 32.4. The van der Waals surface area contributed by atoms with Gasteiger partial charge in [-0.15, -0.1) is 0 Å². The number of phenolic OH excluding ortho intramolecular Hbond substituents is 2. The van der Waals surface area contributed by atoms with E-state index in [-0.39, 0.29) is 65.6 Å². The van der Waals surface area contributed by atoms with Crippen LogP contribution in [0.5, 0.6) is 17.2 Å². The van der Waals surface area contributed by atoms with Crippen LogP contribution in [0.3, 0.4) is 0 Å². The number of aliphatic hydroxyl groups is 1. The molecule has 17 nitrogen and oxygen atoms in total. The Morgan fingerprint density at radius 1 is 1.07 bits per heavy atom. The third kappa shape index (κ3) is 6.48. The number of likely N-dealkylation sites (N-methyl/N-ethyl adjacent to an activating group) is 1. The van der Waals surface area contributed by atoms with Crippen molar-refractivity contribution in [1.82, 2.24) is 15.1 Å². The molecule has 6 aliphatic rings. The van der Waals surface area contributed by atoms with Crippen molar-refractivity contribution in [3.8, 4) is 17.2 Å². The summed E-state index contributed by atoms with van der Waals surface area (Å²) < 4.78 is 35.9. The Hall–Kier alpha value is -4.20. The largest absolute Gasteiger partial charge is 0.507 e. The van der Waals surface area contributed by atoms with Crippen molar-refractivity contribution in [2.24, 2.45) is 5.73 Å². The quantitative estimate of drug-likeness (QED) is 0.190. The fourth-order valence-electron chi connectivity index (χ4n) is 9.71. The van der Waals surface area contributed by atoms with E-state index in [4.69, 9.17) is 34.2 Å². The van der Waals surface area contributed by atoms with E-state index in [2.05, 4.69) is 10.2 Å². The van der Waals surface area contributed by atoms with Crippen LogP contribution in [0.1, 0.15) is 94.5 Å². The molecule has 8 rings (SSSR count). The van der Waals surface area contributed by atoms with E-state index in [9.17, 15) is 34.5 Å². The number of fused-ring (bicyclic) bond motifs is 6. The topological polar surface area (TPSA) is 229 Å². The third-order valence-electron chi connectivity index (χ3n) is 12.6. The van der Waals surface area contributed by atoms with Gasteiger partial charge in [0.05, 0.1) is 48.2 Å². The lowest BCUT2D eigenvalue weighted by Crippen LogP contribution is -2.56. The van der Waals surface area contributed by atoms with E-state index in [1.165, 1.54) is 30.2 Å². The van der Waals surface area contributed by atoms with Crippen molar-refractivity contribution in [2.75, 3.05) is 47.5 Å². The van der Waals surface area contributed by atoms with Gasteiger partial charge in [0.1, 0.15) is 29.0 Å². The number of nitrogens with one attached hydrogen (secondary N) is 1. The number of phenols is 2. The van der Waals surface area contributed by atoms with Gasteiger partial charge in [-0.1, -0.05) is 25.0 Å². The maximum atomic E-state index is 14.1. The Morgan fingerprint density at radius 3 is 2.53 bits per heavy atom. The van der Waals surface area contributed by atoms with Crippen LogP contribution in [0.2, 0.25) is 0 Å². The summed E-state index contributed by atoms with van der Waals surface area (Å²) in [5.41, 5.74) is 1.99. The number of ketones is 2. The van der Waals surface area contributed by atoms with Crippen LogP contribution < -0.4 is 15.8 Å². The van der Waals surface area contributed by atoms with Crippen molar-refractivity contribution < 1.29 is 62.9 Å². The molecule has 3 aliphatic carbocycles. The molecular formula is C40H50N4O13. The number of amides is 2. The number of nitrogens with zero attached hydrogens (tertiary/aromatic N) is 2. The predicted octanol–water partition coefficient (Wildman–Crippen LogP) is 0.996. The highest BCUT2D eigenvalue weighted by Gasteiger charge is 2.55. The van der Waals surface area contributed by atoms with Crippen LogP contribution in [0.15, 0.2) is 18.2 Å². The van der Waals surface area contributed by atoms with E-state index in [0.29, 0.717) is 26.0 Å². The number of carbonyl (C=O) groups excluding carboxylic acids is 4. The van der Waals surface area contributed by atoms with E-state index >= 15 is 0 Å². The summed E-state index contributed by atoms with van der Waals surface area (Å²) in [4.78, 5) is 58.8. The summed E-state index contributed by atoms with van der Waals surface area (Å²) in [5.74, 6) is -3.73. The highest BCUT2D eigenvalue weighted by Crippen LogP contribution is 2.53. The van der Waals surface area contributed by atoms with Crippen LogP contribution in [0.25, 0.3) is 0 Å². The molecule has 308 valence electrons. The Morgan fingerprint density at radius 2 is 1.81 bits per heavy atom. The van der Waals surface area contributed by atoms with Gasteiger partial charge in [-0.05, 0) is 25.8 Å². The van der Waals surface area contributed by atoms with Crippen LogP contribution in [-0.4, -0.2) is 144 Å². The minimum atomic E-state index is -2.25. The fourth-order valence-corrected chi connectivity index (χ4v) is 9.71. The number of nitrogens with two attached hydrogens (primary N) is 1. The first-order valence-corrected chi connectivity index (χ1v) is 19.5. The average Bonchev–Trinajstić information content (AvgIpc) is 3.82. The normalized spacial score (nSPS) is 31.4. The first-order chi connectivity index (χ1) is 27.2. The molecule has 57 heavy (non-hydrogen) atoms.